The highest BCUT2D eigenvalue weighted by atomic mass is 19.4. The number of benzene rings is 1. The van der Waals surface area contributed by atoms with E-state index in [1.165, 1.54) is 5.56 Å². The molecule has 1 aromatic carbocycles. The molecule has 0 saturated carbocycles. The number of pyridine rings is 1. The van der Waals surface area contributed by atoms with Crippen LogP contribution in [-0.4, -0.2) is 86.0 Å². The number of amides is 1. The van der Waals surface area contributed by atoms with Gasteiger partial charge in [-0.2, -0.15) is 26.3 Å². The number of rotatable bonds is 5. The minimum Gasteiger partial charge on any atom is -0.497 e. The van der Waals surface area contributed by atoms with Crippen LogP contribution < -0.4 is 4.74 Å². The molecule has 10 nitrogen and oxygen atoms in total. The Morgan fingerprint density at radius 2 is 1.53 bits per heavy atom. The number of hydrogen-bond acceptors (Lipinski definition) is 6. The largest absolute Gasteiger partial charge is 0.497 e. The van der Waals surface area contributed by atoms with Gasteiger partial charge in [-0.25, -0.2) is 9.59 Å². The molecule has 43 heavy (non-hydrogen) atoms. The maximum Gasteiger partial charge on any atom is 0.490 e. The molecule has 2 aliphatic heterocycles. The first-order valence-corrected chi connectivity index (χ1v) is 12.4. The number of aliphatic carboxylic acids is 2. The van der Waals surface area contributed by atoms with Crippen molar-refractivity contribution in [1.29, 1.82) is 0 Å². The van der Waals surface area contributed by atoms with Gasteiger partial charge in [0, 0.05) is 32.0 Å². The van der Waals surface area contributed by atoms with Gasteiger partial charge >= 0.3 is 24.3 Å². The fourth-order valence-corrected chi connectivity index (χ4v) is 4.60. The van der Waals surface area contributed by atoms with Gasteiger partial charge in [0.25, 0.3) is 5.91 Å². The van der Waals surface area contributed by atoms with Crippen LogP contribution in [0.4, 0.5) is 26.3 Å². The van der Waals surface area contributed by atoms with E-state index in [0.717, 1.165) is 36.8 Å². The van der Waals surface area contributed by atoms with Crippen molar-refractivity contribution >= 4 is 17.8 Å². The summed E-state index contributed by atoms with van der Waals surface area (Å²) in [6, 6.07) is 18.4. The molecule has 0 bridgehead atoms. The Morgan fingerprint density at radius 3 is 2.09 bits per heavy atom. The van der Waals surface area contributed by atoms with Crippen LogP contribution >= 0.6 is 0 Å². The zero-order valence-electron chi connectivity index (χ0n) is 22.4. The summed E-state index contributed by atoms with van der Waals surface area (Å²) in [6.07, 6.45) is -6.34. The van der Waals surface area contributed by atoms with Crippen LogP contribution in [0.25, 0.3) is 0 Å². The smallest absolute Gasteiger partial charge is 0.490 e. The Bertz CT molecular complexity index is 1390. The van der Waals surface area contributed by atoms with Crippen molar-refractivity contribution in [2.45, 2.75) is 37.5 Å². The number of ether oxygens (including phenoxy) is 1. The highest BCUT2D eigenvalue weighted by molar-refractivity contribution is 5.94. The highest BCUT2D eigenvalue weighted by Gasteiger charge is 2.45. The molecular formula is C27H26F6N4O6. The molecule has 0 radical (unpaired) electrons. The number of alkyl halides is 6. The predicted molar refractivity (Wildman–Crippen MR) is 137 cm³/mol. The number of carbonyl (C=O) groups excluding carboxylic acids is 1. The van der Waals surface area contributed by atoms with Crippen molar-refractivity contribution in [3.8, 4) is 5.75 Å². The van der Waals surface area contributed by atoms with Gasteiger partial charge in [0.15, 0.2) is 0 Å². The van der Waals surface area contributed by atoms with E-state index in [4.69, 9.17) is 24.5 Å². The first kappa shape index (κ1) is 32.9. The van der Waals surface area contributed by atoms with Gasteiger partial charge in [-0.15, -0.1) is 0 Å². The van der Waals surface area contributed by atoms with Crippen LogP contribution in [0.1, 0.15) is 27.8 Å². The fourth-order valence-electron chi connectivity index (χ4n) is 4.60. The molecule has 2 aliphatic rings. The summed E-state index contributed by atoms with van der Waals surface area (Å²) < 4.78 is 71.0. The van der Waals surface area contributed by atoms with Crippen molar-refractivity contribution in [2.24, 2.45) is 0 Å². The molecule has 1 saturated heterocycles. The number of likely N-dealkylation sites (tertiary alicyclic amines) is 1. The van der Waals surface area contributed by atoms with Crippen molar-refractivity contribution in [2.75, 3.05) is 20.2 Å². The van der Waals surface area contributed by atoms with Gasteiger partial charge in [-0.3, -0.25) is 14.7 Å². The summed E-state index contributed by atoms with van der Waals surface area (Å²) in [4.78, 5) is 39.9. The number of halogens is 6. The second kappa shape index (κ2) is 13.6. The molecule has 232 valence electrons. The quantitative estimate of drug-likeness (QED) is 0.408. The molecule has 2 unspecified atom stereocenters. The minimum atomic E-state index is -5.08. The van der Waals surface area contributed by atoms with E-state index >= 15 is 0 Å². The molecule has 5 rings (SSSR count). The molecule has 1 fully saturated rings. The van der Waals surface area contributed by atoms with Crippen LogP contribution in [0.3, 0.4) is 0 Å². The highest BCUT2D eigenvalue weighted by Crippen LogP contribution is 2.35. The van der Waals surface area contributed by atoms with E-state index in [9.17, 15) is 31.1 Å². The van der Waals surface area contributed by atoms with Gasteiger partial charge < -0.3 is 24.4 Å². The summed E-state index contributed by atoms with van der Waals surface area (Å²) in [7, 11) is 1.69. The summed E-state index contributed by atoms with van der Waals surface area (Å²) in [6.45, 7) is 3.14. The Morgan fingerprint density at radius 1 is 0.907 bits per heavy atom. The third-order valence-electron chi connectivity index (χ3n) is 6.44. The van der Waals surface area contributed by atoms with Crippen molar-refractivity contribution in [1.82, 2.24) is 19.4 Å². The number of aromatic nitrogens is 2. The summed E-state index contributed by atoms with van der Waals surface area (Å²) >= 11 is 0. The second-order valence-corrected chi connectivity index (χ2v) is 9.34. The van der Waals surface area contributed by atoms with E-state index in [-0.39, 0.29) is 18.0 Å². The van der Waals surface area contributed by atoms with Crippen molar-refractivity contribution in [3.05, 3.63) is 83.9 Å². The molecule has 3 aromatic rings. The molecular weight excluding hydrogens is 590 g/mol. The molecule has 2 aromatic heterocycles. The monoisotopic (exact) mass is 616 g/mol. The Hall–Kier alpha value is -4.60. The Labute approximate surface area is 240 Å². The van der Waals surface area contributed by atoms with Gasteiger partial charge in [0.05, 0.1) is 31.4 Å². The molecule has 2 N–H and O–H groups in total. The third-order valence-corrected chi connectivity index (χ3v) is 6.44. The van der Waals surface area contributed by atoms with E-state index in [0.29, 0.717) is 6.54 Å². The SMILES string of the molecule is COc1cccc(CN2CC3C(C2)n2cccc2C(=O)N3Cc2ccccn2)c1.O=C(O)C(F)(F)F.O=C(O)C(F)(F)F. The van der Waals surface area contributed by atoms with Gasteiger partial charge in [-0.05, 0) is 42.0 Å². The van der Waals surface area contributed by atoms with Crippen LogP contribution in [-0.2, 0) is 22.7 Å². The van der Waals surface area contributed by atoms with E-state index < -0.39 is 24.3 Å². The number of hydrogen-bond donors (Lipinski definition) is 2. The summed E-state index contributed by atoms with van der Waals surface area (Å²) in [5, 5.41) is 14.2. The third kappa shape index (κ3) is 8.70. The average Bonchev–Trinajstić information content (AvgIpc) is 3.59. The number of methoxy groups -OCH3 is 1. The fraction of sp³-hybridized carbons (Fsp3) is 0.333. The number of carboxylic acid groups (broad SMARTS) is 2. The summed E-state index contributed by atoms with van der Waals surface area (Å²) in [5.74, 6) is -4.55. The van der Waals surface area contributed by atoms with Crippen molar-refractivity contribution in [3.63, 3.8) is 0 Å². The molecule has 0 aliphatic carbocycles. The summed E-state index contributed by atoms with van der Waals surface area (Å²) in [5.41, 5.74) is 2.91. The number of nitrogens with zero attached hydrogens (tertiary/aromatic N) is 4. The van der Waals surface area contributed by atoms with Crippen LogP contribution in [0.2, 0.25) is 0 Å². The van der Waals surface area contributed by atoms with Gasteiger partial charge in [-0.1, -0.05) is 18.2 Å². The normalized spacial score (nSPS) is 17.9. The standard InChI is InChI=1S/C23H24N4O2.2C2HF3O2/c1-29-19-8-4-6-17(12-19)13-25-15-21-22(16-25)27(14-18-7-2-3-10-24-18)23(28)20-9-5-11-26(20)21;2*3-2(4,5)1(6)7/h2-12,21-22H,13-16H2,1H3;2*(H,6,7). The van der Waals surface area contributed by atoms with E-state index in [2.05, 4.69) is 26.6 Å². The molecule has 4 heterocycles. The lowest BCUT2D eigenvalue weighted by Crippen LogP contribution is -2.49. The van der Waals surface area contributed by atoms with Gasteiger partial charge in [0.2, 0.25) is 0 Å². The number of carbonyl (C=O) groups is 3. The second-order valence-electron chi connectivity index (χ2n) is 9.34. The lowest BCUT2D eigenvalue weighted by atomic mass is 10.1. The van der Waals surface area contributed by atoms with Crippen molar-refractivity contribution < 1.29 is 55.7 Å². The van der Waals surface area contributed by atoms with Crippen LogP contribution in [0.5, 0.6) is 5.75 Å². The van der Waals surface area contributed by atoms with Crippen LogP contribution in [0, 0.1) is 0 Å². The average molecular weight is 617 g/mol. The lowest BCUT2D eigenvalue weighted by Gasteiger charge is -2.38. The number of carboxylic acids is 2. The van der Waals surface area contributed by atoms with Gasteiger partial charge in [0.1, 0.15) is 11.4 Å². The maximum absolute atomic E-state index is 13.2. The molecule has 2 atom stereocenters. The Balaban J connectivity index is 0.000000303. The molecule has 1 amide bonds. The minimum absolute atomic E-state index is 0.0881. The topological polar surface area (TPSA) is 125 Å². The van der Waals surface area contributed by atoms with Crippen LogP contribution in [0.15, 0.2) is 67.0 Å². The number of fused-ring (bicyclic) bond motifs is 3. The maximum atomic E-state index is 13.2. The lowest BCUT2D eigenvalue weighted by molar-refractivity contribution is -0.193. The Kier molecular flexibility index (Phi) is 10.4. The van der Waals surface area contributed by atoms with E-state index in [1.54, 1.807) is 13.3 Å². The predicted octanol–water partition coefficient (Wildman–Crippen LogP) is 4.24. The molecule has 0 spiro atoms. The zero-order valence-corrected chi connectivity index (χ0v) is 22.4. The first-order valence-electron chi connectivity index (χ1n) is 12.4. The van der Waals surface area contributed by atoms with E-state index in [1.807, 2.05) is 53.6 Å². The zero-order chi connectivity index (χ0) is 31.9. The molecule has 16 heteroatoms. The first-order chi connectivity index (χ1) is 20.1.